The molecule has 0 unspecified atom stereocenters. The number of benzene rings is 1. The van der Waals surface area contributed by atoms with Gasteiger partial charge in [0.05, 0.1) is 38.8 Å². The lowest BCUT2D eigenvalue weighted by atomic mass is 9.93. The van der Waals surface area contributed by atoms with Gasteiger partial charge in [-0.15, -0.1) is 20.4 Å². The SMILES string of the molecule is CCn1nnc([C@H]2O[C@@H](n3cnc4c(NCC(O)(CNc5nc(N6CC[C@@H](N(C)C)C6)nc6c5ncn6[C@@H]5O[C@H](c6nnn(CC)n6)[C@@H](O)[C@H]5O)c5ccccc5)nc(N5CC[C@@H](N(C)C)C5)nc43)[C@H](O)[C@@H]2O)n1. The van der Waals surface area contributed by atoms with Gasteiger partial charge < -0.3 is 65.2 Å². The Morgan fingerprint density at radius 3 is 1.47 bits per heavy atom. The Bertz CT molecular complexity index is 2900. The van der Waals surface area contributed by atoms with Crippen molar-refractivity contribution in [2.75, 3.05) is 87.9 Å². The van der Waals surface area contributed by atoms with Gasteiger partial charge in [-0.05, 0) is 70.9 Å². The van der Waals surface area contributed by atoms with E-state index in [1.54, 1.807) is 9.13 Å². The maximum atomic E-state index is 13.0. The summed E-state index contributed by atoms with van der Waals surface area (Å²) >= 11 is 0. The standard InChI is InChI=1S/C45H62N22O7/c1-7-66-56-37(54-58-66)33-29(68)31(70)41(73-33)64-22-48-27-35(50-43(52-39(27)64)62-16-14-25(18-62)60(3)4)46-20-45(72,24-12-10-9-11-13-24)21-47-36-28-40(53-44(51-36)63-17-15-26(19-63)61(5)6)65(23-49-28)42-32(71)30(69)34(74-42)38-55-59-67(8-2)57-38/h9-13,22-23,25-26,29-34,41-42,68-72H,7-8,14-21H2,1-6H3,(H,46,50,52)(H,47,51,53)/t25-,26-,29+,30+,31-,32-,33+,34+,41-,42-/m1/s1. The zero-order valence-electron chi connectivity index (χ0n) is 41.9. The molecular weight excluding hydrogens is 961 g/mol. The minimum absolute atomic E-state index is 0.102. The average molecular weight is 1020 g/mol. The first-order chi connectivity index (χ1) is 35.7. The molecule has 29 heteroatoms. The van der Waals surface area contributed by atoms with Crippen molar-refractivity contribution in [2.24, 2.45) is 0 Å². The molecule has 0 saturated carbocycles. The number of hydrogen-bond acceptors (Lipinski definition) is 25. The van der Waals surface area contributed by atoms with E-state index >= 15 is 0 Å². The Balaban J connectivity index is 0.927. The number of nitrogens with one attached hydrogen (secondary N) is 2. The molecule has 10 heterocycles. The van der Waals surface area contributed by atoms with Crippen LogP contribution in [0, 0.1) is 0 Å². The molecule has 0 radical (unpaired) electrons. The summed E-state index contributed by atoms with van der Waals surface area (Å²) in [6, 6.07) is 9.70. The first kappa shape index (κ1) is 49.5. The predicted octanol–water partition coefficient (Wildman–Crippen LogP) is -1.34. The maximum Gasteiger partial charge on any atom is 0.229 e. The second-order valence-corrected chi connectivity index (χ2v) is 19.7. The third-order valence-corrected chi connectivity index (χ3v) is 14.6. The number of aromatic nitrogens is 16. The summed E-state index contributed by atoms with van der Waals surface area (Å²) in [5.74, 6) is 1.67. The lowest BCUT2D eigenvalue weighted by Gasteiger charge is -2.30. The largest absolute Gasteiger partial charge is 0.387 e. The molecule has 4 aliphatic rings. The Morgan fingerprint density at radius 1 is 0.635 bits per heavy atom. The van der Waals surface area contributed by atoms with E-state index in [-0.39, 0.29) is 36.8 Å². The van der Waals surface area contributed by atoms with Crippen LogP contribution in [0.5, 0.6) is 0 Å². The van der Waals surface area contributed by atoms with Crippen molar-refractivity contribution < 1.29 is 35.0 Å². The van der Waals surface area contributed by atoms with Crippen LogP contribution in [0.2, 0.25) is 0 Å². The second-order valence-electron chi connectivity index (χ2n) is 19.7. The molecule has 29 nitrogen and oxygen atoms in total. The van der Waals surface area contributed by atoms with E-state index in [1.165, 1.54) is 22.2 Å². The highest BCUT2D eigenvalue weighted by Crippen LogP contribution is 2.41. The molecule has 4 aliphatic heterocycles. The fourth-order valence-corrected chi connectivity index (χ4v) is 10.1. The van der Waals surface area contributed by atoms with Gasteiger partial charge in [-0.1, -0.05) is 30.3 Å². The highest BCUT2D eigenvalue weighted by atomic mass is 16.6. The molecule has 1 aromatic carbocycles. The van der Waals surface area contributed by atoms with Gasteiger partial charge >= 0.3 is 0 Å². The van der Waals surface area contributed by atoms with E-state index in [0.717, 1.165) is 12.8 Å². The maximum absolute atomic E-state index is 13.0. The average Bonchev–Trinajstić information content (AvgIpc) is 4.27. The number of anilines is 4. The molecule has 74 heavy (non-hydrogen) atoms. The number of likely N-dealkylation sites (N-methyl/N-ethyl adjacent to an activating group) is 2. The number of hydrogen-bond donors (Lipinski definition) is 7. The summed E-state index contributed by atoms with van der Waals surface area (Å²) in [5.41, 5.74) is 0.197. The van der Waals surface area contributed by atoms with Crippen LogP contribution in [0.3, 0.4) is 0 Å². The number of fused-ring (bicyclic) bond motifs is 2. The van der Waals surface area contributed by atoms with Gasteiger partial charge in [0.2, 0.25) is 23.5 Å². The topological polar surface area (TPSA) is 331 Å². The summed E-state index contributed by atoms with van der Waals surface area (Å²) in [4.78, 5) is 40.7. The third-order valence-electron chi connectivity index (χ3n) is 14.6. The number of rotatable bonds is 17. The van der Waals surface area contributed by atoms with Crippen molar-refractivity contribution in [3.8, 4) is 0 Å². The van der Waals surface area contributed by atoms with Crippen LogP contribution < -0.4 is 20.4 Å². The van der Waals surface area contributed by atoms with Crippen LogP contribution >= 0.6 is 0 Å². The normalized spacial score (nSPS) is 27.2. The van der Waals surface area contributed by atoms with Gasteiger partial charge in [-0.2, -0.15) is 29.5 Å². The van der Waals surface area contributed by atoms with Crippen molar-refractivity contribution in [3.63, 3.8) is 0 Å². The smallest absolute Gasteiger partial charge is 0.229 e. The Labute approximate surface area is 423 Å². The summed E-state index contributed by atoms with van der Waals surface area (Å²) in [6.45, 7) is 7.07. The molecule has 394 valence electrons. The molecule has 4 saturated heterocycles. The fourth-order valence-electron chi connectivity index (χ4n) is 10.1. The Hall–Kier alpha value is -6.70. The third kappa shape index (κ3) is 8.99. The highest BCUT2D eigenvalue weighted by Gasteiger charge is 2.49. The van der Waals surface area contributed by atoms with Crippen LogP contribution in [-0.2, 0) is 28.2 Å². The molecular formula is C45H62N22O7. The van der Waals surface area contributed by atoms with Gasteiger partial charge in [-0.25, -0.2) is 9.97 Å². The highest BCUT2D eigenvalue weighted by molar-refractivity contribution is 5.85. The van der Waals surface area contributed by atoms with Gasteiger partial charge in [0.1, 0.15) is 30.0 Å². The van der Waals surface area contributed by atoms with Gasteiger partial charge in [0, 0.05) is 38.3 Å². The Kier molecular flexibility index (Phi) is 13.3. The van der Waals surface area contributed by atoms with Crippen molar-refractivity contribution >= 4 is 45.9 Å². The number of aryl methyl sites for hydroxylation is 2. The molecule has 10 atom stereocenters. The fraction of sp³-hybridized carbons (Fsp3) is 0.600. The number of ether oxygens (including phenoxy) is 2. The number of aliphatic hydroxyl groups is 5. The quantitative estimate of drug-likeness (QED) is 0.0555. The number of imidazole rings is 2. The molecule has 7 N–H and O–H groups in total. The van der Waals surface area contributed by atoms with E-state index in [0.29, 0.717) is 90.7 Å². The predicted molar refractivity (Wildman–Crippen MR) is 263 cm³/mol. The van der Waals surface area contributed by atoms with Crippen LogP contribution in [0.1, 0.15) is 68.6 Å². The molecule has 0 aliphatic carbocycles. The van der Waals surface area contributed by atoms with E-state index in [9.17, 15) is 25.5 Å². The van der Waals surface area contributed by atoms with Crippen molar-refractivity contribution in [3.05, 3.63) is 60.2 Å². The van der Waals surface area contributed by atoms with Gasteiger partial charge in [0.15, 0.2) is 58.6 Å². The van der Waals surface area contributed by atoms with Crippen LogP contribution in [0.4, 0.5) is 23.5 Å². The number of tetrazole rings is 2. The van der Waals surface area contributed by atoms with Crippen LogP contribution in [0.25, 0.3) is 22.3 Å². The minimum atomic E-state index is -1.66. The Morgan fingerprint density at radius 2 is 1.08 bits per heavy atom. The lowest BCUT2D eigenvalue weighted by molar-refractivity contribution is -0.0384. The van der Waals surface area contributed by atoms with Gasteiger partial charge in [0.25, 0.3) is 0 Å². The molecule has 7 aromatic rings. The zero-order chi connectivity index (χ0) is 51.6. The zero-order valence-corrected chi connectivity index (χ0v) is 41.9. The van der Waals surface area contributed by atoms with Crippen molar-refractivity contribution in [2.45, 2.75) is 107 Å². The summed E-state index contributed by atoms with van der Waals surface area (Å²) in [7, 11) is 8.15. The first-order valence-electron chi connectivity index (χ1n) is 24.9. The molecule has 6 aromatic heterocycles. The van der Waals surface area contributed by atoms with Crippen molar-refractivity contribution in [1.29, 1.82) is 0 Å². The molecule has 0 amide bonds. The van der Waals surface area contributed by atoms with Crippen LogP contribution in [0.15, 0.2) is 43.0 Å². The monoisotopic (exact) mass is 1020 g/mol. The van der Waals surface area contributed by atoms with E-state index in [2.05, 4.69) is 61.1 Å². The lowest BCUT2D eigenvalue weighted by Crippen LogP contribution is -2.41. The molecule has 11 rings (SSSR count). The number of aliphatic hydroxyl groups excluding tert-OH is 4. The van der Waals surface area contributed by atoms with E-state index in [4.69, 9.17) is 39.4 Å². The molecule has 4 fully saturated rings. The van der Waals surface area contributed by atoms with E-state index < -0.39 is 54.7 Å². The van der Waals surface area contributed by atoms with Crippen molar-refractivity contribution in [1.82, 2.24) is 89.3 Å². The number of nitrogens with zero attached hydrogens (tertiary/aromatic N) is 20. The molecule has 0 spiro atoms. The van der Waals surface area contributed by atoms with E-state index in [1.807, 2.05) is 72.4 Å². The second kappa shape index (κ2) is 19.9. The summed E-state index contributed by atoms with van der Waals surface area (Å²) < 4.78 is 15.7. The first-order valence-corrected chi connectivity index (χ1v) is 24.9. The summed E-state index contributed by atoms with van der Waals surface area (Å²) in [6.07, 6.45) is -5.30. The van der Waals surface area contributed by atoms with Crippen LogP contribution in [-0.4, -0.2) is 219 Å². The molecule has 0 bridgehead atoms. The van der Waals surface area contributed by atoms with Gasteiger partial charge in [-0.3, -0.25) is 9.13 Å². The minimum Gasteiger partial charge on any atom is -0.387 e. The summed E-state index contributed by atoms with van der Waals surface area (Å²) in [5, 5.41) is 90.0.